The van der Waals surface area contributed by atoms with Gasteiger partial charge in [-0.3, -0.25) is 0 Å². The number of hydrogen-bond acceptors (Lipinski definition) is 3. The fourth-order valence-corrected chi connectivity index (χ4v) is 3.66. The smallest absolute Gasteiger partial charge is 0.332 e. The minimum absolute atomic E-state index is 0.282. The van der Waals surface area contributed by atoms with Crippen LogP contribution in [0.1, 0.15) is 11.1 Å². The van der Waals surface area contributed by atoms with Crippen molar-refractivity contribution in [1.82, 2.24) is 5.43 Å². The fraction of sp³-hybridized carbons (Fsp3) is 0.0667. The molecule has 0 saturated heterocycles. The molecule has 0 aliphatic carbocycles. The number of rotatable bonds is 5. The number of hydrazone groups is 1. The van der Waals surface area contributed by atoms with Crippen LogP contribution in [0, 0.1) is 0 Å². The molecule has 0 aliphatic rings. The van der Waals surface area contributed by atoms with Crippen molar-refractivity contribution >= 4 is 67.3 Å². The van der Waals surface area contributed by atoms with Crippen molar-refractivity contribution < 1.29 is 9.53 Å². The summed E-state index contributed by atoms with van der Waals surface area (Å²) in [6, 6.07) is 8.07. The lowest BCUT2D eigenvalue weighted by Crippen LogP contribution is -2.24. The number of primary amides is 1. The maximum Gasteiger partial charge on any atom is 0.332 e. The second-order valence-electron chi connectivity index (χ2n) is 4.57. The van der Waals surface area contributed by atoms with Crippen LogP contribution in [0.2, 0.25) is 10.0 Å². The number of nitrogens with one attached hydrogen (secondary N) is 1. The second kappa shape index (κ2) is 8.71. The van der Waals surface area contributed by atoms with Crippen LogP contribution in [0.5, 0.6) is 5.75 Å². The van der Waals surface area contributed by atoms with E-state index >= 15 is 0 Å². The molecule has 126 valence electrons. The Morgan fingerprint density at radius 1 is 1.25 bits per heavy atom. The standard InChI is InChI=1S/C15H11Br2Cl2N3O2/c16-11-3-8(6-21-22-15(20)23)4-12(17)14(11)24-7-9-1-2-10(18)5-13(9)19/h1-6H,7H2,(H3,20,22,23)/b21-6-. The van der Waals surface area contributed by atoms with Crippen LogP contribution >= 0.6 is 55.1 Å². The molecule has 2 rings (SSSR count). The lowest BCUT2D eigenvalue weighted by atomic mass is 10.2. The van der Waals surface area contributed by atoms with E-state index in [0.717, 1.165) is 11.1 Å². The third-order valence-electron chi connectivity index (χ3n) is 2.80. The Bertz CT molecular complexity index is 777. The number of nitrogens with two attached hydrogens (primary N) is 1. The van der Waals surface area contributed by atoms with Crippen molar-refractivity contribution in [2.24, 2.45) is 10.8 Å². The number of amides is 2. The van der Waals surface area contributed by atoms with E-state index in [1.807, 2.05) is 6.07 Å². The van der Waals surface area contributed by atoms with Crippen LogP contribution < -0.4 is 15.9 Å². The monoisotopic (exact) mass is 493 g/mol. The molecular weight excluding hydrogens is 485 g/mol. The van der Waals surface area contributed by atoms with Gasteiger partial charge in [-0.2, -0.15) is 5.10 Å². The molecule has 0 heterocycles. The molecule has 0 aromatic heterocycles. The Kier molecular flexibility index (Phi) is 6.91. The van der Waals surface area contributed by atoms with Crippen LogP contribution in [-0.2, 0) is 6.61 Å². The summed E-state index contributed by atoms with van der Waals surface area (Å²) in [6.45, 7) is 0.282. The summed E-state index contributed by atoms with van der Waals surface area (Å²) in [5.41, 5.74) is 8.61. The highest BCUT2D eigenvalue weighted by atomic mass is 79.9. The highest BCUT2D eigenvalue weighted by Gasteiger charge is 2.10. The van der Waals surface area contributed by atoms with E-state index in [-0.39, 0.29) is 6.61 Å². The van der Waals surface area contributed by atoms with Gasteiger partial charge in [0.2, 0.25) is 0 Å². The first-order valence-electron chi connectivity index (χ1n) is 6.51. The van der Waals surface area contributed by atoms with Gasteiger partial charge in [0.15, 0.2) is 0 Å². The van der Waals surface area contributed by atoms with Gasteiger partial charge in [0.25, 0.3) is 0 Å². The number of urea groups is 1. The molecule has 0 saturated carbocycles. The zero-order chi connectivity index (χ0) is 17.7. The molecule has 0 atom stereocenters. The Morgan fingerprint density at radius 3 is 2.50 bits per heavy atom. The van der Waals surface area contributed by atoms with Crippen molar-refractivity contribution in [3.8, 4) is 5.75 Å². The molecular formula is C15H11Br2Cl2N3O2. The van der Waals surface area contributed by atoms with Gasteiger partial charge in [-0.05, 0) is 61.7 Å². The van der Waals surface area contributed by atoms with E-state index in [1.54, 1.807) is 24.3 Å². The average Bonchev–Trinajstić information content (AvgIpc) is 2.48. The average molecular weight is 496 g/mol. The molecule has 9 heteroatoms. The topological polar surface area (TPSA) is 76.7 Å². The maximum atomic E-state index is 10.6. The summed E-state index contributed by atoms with van der Waals surface area (Å²) >= 11 is 18.9. The molecule has 24 heavy (non-hydrogen) atoms. The molecule has 0 bridgehead atoms. The fourth-order valence-electron chi connectivity index (χ4n) is 1.75. The van der Waals surface area contributed by atoms with Gasteiger partial charge in [-0.1, -0.05) is 29.3 Å². The molecule has 2 amide bonds. The predicted molar refractivity (Wildman–Crippen MR) is 103 cm³/mol. The maximum absolute atomic E-state index is 10.6. The predicted octanol–water partition coefficient (Wildman–Crippen LogP) is 5.10. The molecule has 0 spiro atoms. The first kappa shape index (κ1) is 19.1. The number of nitrogens with zero attached hydrogens (tertiary/aromatic N) is 1. The third kappa shape index (κ3) is 5.37. The van der Waals surface area contributed by atoms with E-state index < -0.39 is 6.03 Å². The van der Waals surface area contributed by atoms with Crippen LogP contribution in [0.15, 0.2) is 44.4 Å². The van der Waals surface area contributed by atoms with Crippen molar-refractivity contribution in [3.05, 3.63) is 60.4 Å². The summed E-state index contributed by atoms with van der Waals surface area (Å²) in [6.07, 6.45) is 1.46. The molecule has 0 fully saturated rings. The molecule has 0 radical (unpaired) electrons. The molecule has 0 aliphatic heterocycles. The Labute approximate surface area is 165 Å². The zero-order valence-corrected chi connectivity index (χ0v) is 16.7. The largest absolute Gasteiger partial charge is 0.486 e. The van der Waals surface area contributed by atoms with Crippen molar-refractivity contribution in [3.63, 3.8) is 0 Å². The van der Waals surface area contributed by atoms with Crippen LogP contribution in [-0.4, -0.2) is 12.2 Å². The Balaban J connectivity index is 2.13. The number of carbonyl (C=O) groups is 1. The summed E-state index contributed by atoms with van der Waals surface area (Å²) in [5, 5.41) is 4.81. The van der Waals surface area contributed by atoms with Crippen molar-refractivity contribution in [2.75, 3.05) is 0 Å². The van der Waals surface area contributed by atoms with Gasteiger partial charge in [0.05, 0.1) is 15.2 Å². The minimum Gasteiger partial charge on any atom is -0.486 e. The van der Waals surface area contributed by atoms with Crippen LogP contribution in [0.4, 0.5) is 4.79 Å². The van der Waals surface area contributed by atoms with Gasteiger partial charge in [-0.15, -0.1) is 0 Å². The van der Waals surface area contributed by atoms with Crippen molar-refractivity contribution in [2.45, 2.75) is 6.61 Å². The minimum atomic E-state index is -0.732. The first-order chi connectivity index (χ1) is 11.4. The highest BCUT2D eigenvalue weighted by molar-refractivity contribution is 9.11. The van der Waals surface area contributed by atoms with Gasteiger partial charge in [0, 0.05) is 15.6 Å². The number of ether oxygens (including phenoxy) is 1. The van der Waals surface area contributed by atoms with E-state index in [0.29, 0.717) is 24.7 Å². The second-order valence-corrected chi connectivity index (χ2v) is 7.12. The molecule has 5 nitrogen and oxygen atoms in total. The summed E-state index contributed by atoms with van der Waals surface area (Å²) < 4.78 is 7.24. The highest BCUT2D eigenvalue weighted by Crippen LogP contribution is 2.35. The van der Waals surface area contributed by atoms with Gasteiger partial charge >= 0.3 is 6.03 Å². The zero-order valence-electron chi connectivity index (χ0n) is 12.0. The third-order valence-corrected chi connectivity index (χ3v) is 4.56. The van der Waals surface area contributed by atoms with Crippen LogP contribution in [0.25, 0.3) is 0 Å². The lowest BCUT2D eigenvalue weighted by molar-refractivity contribution is 0.249. The number of carbonyl (C=O) groups excluding carboxylic acids is 1. The molecule has 2 aromatic carbocycles. The van der Waals surface area contributed by atoms with Crippen LogP contribution in [0.3, 0.4) is 0 Å². The summed E-state index contributed by atoms with van der Waals surface area (Å²) in [5.74, 6) is 0.612. The quantitative estimate of drug-likeness (QED) is 0.447. The molecule has 3 N–H and O–H groups in total. The van der Waals surface area contributed by atoms with Gasteiger partial charge in [-0.25, -0.2) is 10.2 Å². The van der Waals surface area contributed by atoms with Gasteiger partial charge in [0.1, 0.15) is 12.4 Å². The normalized spacial score (nSPS) is 10.8. The van der Waals surface area contributed by atoms with Crippen molar-refractivity contribution in [1.29, 1.82) is 0 Å². The summed E-state index contributed by atoms with van der Waals surface area (Å²) in [7, 11) is 0. The molecule has 0 unspecified atom stereocenters. The van der Waals surface area contributed by atoms with E-state index in [1.165, 1.54) is 6.21 Å². The Morgan fingerprint density at radius 2 is 1.92 bits per heavy atom. The first-order valence-corrected chi connectivity index (χ1v) is 8.85. The number of benzene rings is 2. The molecule has 2 aromatic rings. The SMILES string of the molecule is NC(=O)N/N=C\c1cc(Br)c(OCc2ccc(Cl)cc2Cl)c(Br)c1. The number of hydrogen-bond donors (Lipinski definition) is 2. The summed E-state index contributed by atoms with van der Waals surface area (Å²) in [4.78, 5) is 10.6. The lowest BCUT2D eigenvalue weighted by Gasteiger charge is -2.12. The van der Waals surface area contributed by atoms with E-state index in [9.17, 15) is 4.79 Å². The van der Waals surface area contributed by atoms with E-state index in [4.69, 9.17) is 33.7 Å². The Hall–Kier alpha value is -1.28. The van der Waals surface area contributed by atoms with E-state index in [2.05, 4.69) is 42.4 Å². The number of halogens is 4. The van der Waals surface area contributed by atoms with Gasteiger partial charge < -0.3 is 10.5 Å².